The fourth-order valence-electron chi connectivity index (χ4n) is 2.83. The van der Waals surface area contributed by atoms with Crippen molar-refractivity contribution in [1.82, 2.24) is 0 Å². The van der Waals surface area contributed by atoms with Crippen LogP contribution in [0.2, 0.25) is 0 Å². The Morgan fingerprint density at radius 1 is 0.679 bits per heavy atom. The van der Waals surface area contributed by atoms with E-state index in [1.807, 2.05) is 0 Å². The molecule has 0 unspecified atom stereocenters. The highest BCUT2D eigenvalue weighted by atomic mass is 32.2. The van der Waals surface area contributed by atoms with Crippen molar-refractivity contribution in [3.8, 4) is 0 Å². The van der Waals surface area contributed by atoms with E-state index in [4.69, 9.17) is 0 Å². The minimum absolute atomic E-state index is 0.00536. The second kappa shape index (κ2) is 13.7. The third-order valence-corrected chi connectivity index (χ3v) is 6.16. The summed E-state index contributed by atoms with van der Waals surface area (Å²) in [4.78, 5) is 0. The van der Waals surface area contributed by atoms with Gasteiger partial charge in [-0.05, 0) is 40.5 Å². The van der Waals surface area contributed by atoms with Crippen LogP contribution in [0.3, 0.4) is 0 Å². The van der Waals surface area contributed by atoms with Crippen LogP contribution in [0.5, 0.6) is 0 Å². The van der Waals surface area contributed by atoms with E-state index in [0.717, 1.165) is 0 Å². The molecule has 0 spiro atoms. The summed E-state index contributed by atoms with van der Waals surface area (Å²) in [5.74, 6) is 0. The van der Waals surface area contributed by atoms with Gasteiger partial charge in [-0.1, -0.05) is 25.7 Å². The Morgan fingerprint density at radius 2 is 1.00 bits per heavy atom. The van der Waals surface area contributed by atoms with E-state index >= 15 is 0 Å². The molecule has 4 nitrogen and oxygen atoms in total. The first kappa shape index (κ1) is 29.7. The van der Waals surface area contributed by atoms with Crippen molar-refractivity contribution < 1.29 is 39.4 Å². The van der Waals surface area contributed by atoms with Gasteiger partial charge >= 0.3 is 11.4 Å². The van der Waals surface area contributed by atoms with Crippen molar-refractivity contribution >= 4 is 10.1 Å². The number of unbranched alkanes of at least 4 members (excludes halogenated alkanes) is 5. The Morgan fingerprint density at radius 3 is 1.25 bits per heavy atom. The van der Waals surface area contributed by atoms with Gasteiger partial charge in [-0.2, -0.15) is 22.0 Å². The fraction of sp³-hybridized carbons (Fsp3) is 1.00. The third-order valence-electron chi connectivity index (χ3n) is 5.23. The molecule has 0 rings (SSSR count). The molecule has 0 radical (unpaired) electrons. The Labute approximate surface area is 166 Å². The summed E-state index contributed by atoms with van der Waals surface area (Å²) in [5.41, 5.74) is 0. The lowest BCUT2D eigenvalue weighted by atomic mass is 10.1. The Bertz CT molecular complexity index is 474. The van der Waals surface area contributed by atoms with Crippen LogP contribution in [0.25, 0.3) is 0 Å². The van der Waals surface area contributed by atoms with Gasteiger partial charge in [0.1, 0.15) is 0 Å². The van der Waals surface area contributed by atoms with E-state index in [1.54, 1.807) is 0 Å². The van der Waals surface area contributed by atoms with E-state index in [-0.39, 0.29) is 19.3 Å². The zero-order valence-electron chi connectivity index (χ0n) is 17.5. The predicted molar refractivity (Wildman–Crippen MR) is 100 cm³/mol. The number of halogens is 5. The average molecular weight is 442 g/mol. The third kappa shape index (κ3) is 13.7. The molecule has 0 aromatic carbocycles. The summed E-state index contributed by atoms with van der Waals surface area (Å²) in [6, 6.07) is 0. The van der Waals surface area contributed by atoms with Crippen LogP contribution in [-0.2, 0) is 10.1 Å². The zero-order chi connectivity index (χ0) is 22.5. The lowest BCUT2D eigenvalue weighted by molar-refractivity contribution is -0.921. The van der Waals surface area contributed by atoms with Gasteiger partial charge in [-0.15, -0.1) is 0 Å². The van der Waals surface area contributed by atoms with Crippen molar-refractivity contribution in [2.75, 3.05) is 26.2 Å². The summed E-state index contributed by atoms with van der Waals surface area (Å²) in [6.07, 6.45) is -4.72. The number of nitrogens with zero attached hydrogens (tertiary/aromatic N) is 1. The van der Waals surface area contributed by atoms with Gasteiger partial charge in [0.25, 0.3) is 0 Å². The van der Waals surface area contributed by atoms with Crippen LogP contribution in [0.1, 0.15) is 79.1 Å². The fourth-order valence-corrected chi connectivity index (χ4v) is 3.22. The van der Waals surface area contributed by atoms with E-state index in [0.29, 0.717) is 19.3 Å². The Hall–Kier alpha value is -0.480. The smallest absolute Gasteiger partial charge is 0.389 e. The largest absolute Gasteiger partial charge is 0.743 e. The topological polar surface area (TPSA) is 57.2 Å². The molecule has 0 aromatic heterocycles. The van der Waals surface area contributed by atoms with Gasteiger partial charge in [-0.3, -0.25) is 0 Å². The van der Waals surface area contributed by atoms with Crippen LogP contribution in [0.15, 0.2) is 0 Å². The highest BCUT2D eigenvalue weighted by Gasteiger charge is 2.36. The lowest BCUT2D eigenvalue weighted by Crippen LogP contribution is -2.47. The summed E-state index contributed by atoms with van der Waals surface area (Å²) in [7, 11) is -5.63. The average Bonchev–Trinajstić information content (AvgIpc) is 2.58. The van der Waals surface area contributed by atoms with Crippen molar-refractivity contribution in [1.29, 1.82) is 0 Å². The van der Waals surface area contributed by atoms with Crippen LogP contribution in [0, 0.1) is 0 Å². The maximum atomic E-state index is 12.7. The first-order valence-corrected chi connectivity index (χ1v) is 11.4. The second-order valence-corrected chi connectivity index (χ2v) is 8.44. The van der Waals surface area contributed by atoms with E-state index in [2.05, 4.69) is 27.7 Å². The van der Waals surface area contributed by atoms with Gasteiger partial charge in [0.15, 0.2) is 10.1 Å². The summed E-state index contributed by atoms with van der Waals surface area (Å²) >= 11 is 0. The van der Waals surface area contributed by atoms with Gasteiger partial charge in [0.05, 0.1) is 26.2 Å². The zero-order valence-corrected chi connectivity index (χ0v) is 18.3. The molecule has 0 bridgehead atoms. The van der Waals surface area contributed by atoms with Gasteiger partial charge in [0, 0.05) is 12.8 Å². The minimum atomic E-state index is -5.63. The highest BCUT2D eigenvalue weighted by molar-refractivity contribution is 7.86. The van der Waals surface area contributed by atoms with Gasteiger partial charge in [-0.25, -0.2) is 8.42 Å². The normalized spacial score (nSPS) is 13.2. The molecule has 0 heterocycles. The molecule has 0 atom stereocenters. The van der Waals surface area contributed by atoms with Crippen molar-refractivity contribution in [2.45, 2.75) is 90.5 Å². The molecular weight excluding hydrogens is 405 g/mol. The Balaban J connectivity index is 0. The molecule has 0 saturated carbocycles. The number of hydrogen-bond donors (Lipinski definition) is 0. The SMILES string of the molecule is CC[N+](CC)(CC)CC.O=S(=O)([O-])C(F)(F)CCCCCCCCC(F)(F)F. The molecular formula is C18H36F5NO3S. The molecule has 0 saturated heterocycles. The van der Waals surface area contributed by atoms with Crippen molar-refractivity contribution in [3.63, 3.8) is 0 Å². The molecule has 10 heteroatoms. The van der Waals surface area contributed by atoms with Crippen LogP contribution < -0.4 is 0 Å². The standard InChI is InChI=1S/C10H17F5O3S.C8H20N/c11-9(12,13)7-5-3-1-2-4-6-8-10(14,15)19(16,17)18;1-5-9(6-2,7-3)8-4/h1-8H2,(H,16,17,18);5-8H2,1-4H3/q;+1/p-1. The van der Waals surface area contributed by atoms with E-state index < -0.39 is 34.4 Å². The van der Waals surface area contributed by atoms with Crippen molar-refractivity contribution in [2.24, 2.45) is 0 Å². The lowest BCUT2D eigenvalue weighted by Gasteiger charge is -2.34. The van der Waals surface area contributed by atoms with Crippen molar-refractivity contribution in [3.05, 3.63) is 0 Å². The first-order valence-electron chi connectivity index (χ1n) is 9.95. The molecule has 0 aromatic rings. The molecule has 0 fully saturated rings. The number of quaternary nitrogens is 1. The van der Waals surface area contributed by atoms with E-state index in [9.17, 15) is 34.9 Å². The number of hydrogen-bond acceptors (Lipinski definition) is 3. The van der Waals surface area contributed by atoms with Crippen LogP contribution in [0.4, 0.5) is 22.0 Å². The Kier molecular flexibility index (Phi) is 14.5. The second-order valence-electron chi connectivity index (χ2n) is 6.93. The quantitative estimate of drug-likeness (QED) is 0.160. The van der Waals surface area contributed by atoms with Gasteiger partial charge in [0.2, 0.25) is 0 Å². The molecule has 0 N–H and O–H groups in total. The van der Waals surface area contributed by atoms with Gasteiger partial charge < -0.3 is 9.04 Å². The number of alkyl halides is 5. The maximum absolute atomic E-state index is 12.7. The predicted octanol–water partition coefficient (Wildman–Crippen LogP) is 5.69. The molecule has 0 aliphatic rings. The summed E-state index contributed by atoms with van der Waals surface area (Å²) in [6.45, 7) is 14.2. The molecule has 28 heavy (non-hydrogen) atoms. The molecule has 0 aliphatic heterocycles. The van der Waals surface area contributed by atoms with Crippen LogP contribution in [-0.4, -0.2) is 55.1 Å². The minimum Gasteiger partial charge on any atom is -0.743 e. The summed E-state index contributed by atoms with van der Waals surface area (Å²) in [5, 5.41) is -4.26. The molecule has 172 valence electrons. The highest BCUT2D eigenvalue weighted by Crippen LogP contribution is 2.27. The molecule has 0 aliphatic carbocycles. The van der Waals surface area contributed by atoms with E-state index in [1.165, 1.54) is 30.7 Å². The first-order chi connectivity index (χ1) is 12.7. The van der Waals surface area contributed by atoms with Crippen LogP contribution >= 0.6 is 0 Å². The molecule has 0 amide bonds. The summed E-state index contributed by atoms with van der Waals surface area (Å²) < 4.78 is 92.3. The maximum Gasteiger partial charge on any atom is 0.389 e. The monoisotopic (exact) mass is 441 g/mol. The number of rotatable bonds is 13.